The van der Waals surface area contributed by atoms with Crippen LogP contribution in [0.3, 0.4) is 0 Å². The third kappa shape index (κ3) is 4.94. The summed E-state index contributed by atoms with van der Waals surface area (Å²) in [4.78, 5) is 14.0. The van der Waals surface area contributed by atoms with Gasteiger partial charge in [0.2, 0.25) is 0 Å². The Hall–Kier alpha value is -0.810. The molecule has 0 aromatic heterocycles. The van der Waals surface area contributed by atoms with Gasteiger partial charge in [0, 0.05) is 31.7 Å². The van der Waals surface area contributed by atoms with E-state index in [9.17, 15) is 4.79 Å². The first-order valence-electron chi connectivity index (χ1n) is 7.89. The number of carbonyl (C=O) groups is 1. The van der Waals surface area contributed by atoms with Crippen LogP contribution < -0.4 is 10.6 Å². The third-order valence-electron chi connectivity index (χ3n) is 3.84. The quantitative estimate of drug-likeness (QED) is 0.810. The monoisotopic (exact) mass is 283 g/mol. The van der Waals surface area contributed by atoms with Crippen LogP contribution in [0.2, 0.25) is 0 Å². The lowest BCUT2D eigenvalue weighted by molar-refractivity contribution is 0.0182. The van der Waals surface area contributed by atoms with Crippen LogP contribution >= 0.6 is 0 Å². The lowest BCUT2D eigenvalue weighted by Gasteiger charge is -2.37. The van der Waals surface area contributed by atoms with Crippen molar-refractivity contribution < 1.29 is 9.53 Å². The minimum atomic E-state index is -0.412. The minimum Gasteiger partial charge on any atom is -0.444 e. The molecule has 2 heterocycles. The highest BCUT2D eigenvalue weighted by atomic mass is 16.6. The molecule has 2 N–H and O–H groups in total. The summed E-state index contributed by atoms with van der Waals surface area (Å²) in [6, 6.07) is 0.952. The smallest absolute Gasteiger partial charge is 0.410 e. The van der Waals surface area contributed by atoms with Crippen molar-refractivity contribution in [2.24, 2.45) is 0 Å². The molecule has 2 unspecified atom stereocenters. The van der Waals surface area contributed by atoms with E-state index in [1.807, 2.05) is 25.7 Å². The molecule has 2 aliphatic heterocycles. The van der Waals surface area contributed by atoms with Crippen molar-refractivity contribution in [1.82, 2.24) is 15.5 Å². The molecule has 20 heavy (non-hydrogen) atoms. The summed E-state index contributed by atoms with van der Waals surface area (Å²) >= 11 is 0. The molecule has 2 saturated heterocycles. The fourth-order valence-electron chi connectivity index (χ4n) is 2.93. The molecule has 0 aliphatic carbocycles. The highest BCUT2D eigenvalue weighted by Gasteiger charge is 2.28. The number of rotatable bonds is 2. The van der Waals surface area contributed by atoms with E-state index in [4.69, 9.17) is 4.74 Å². The lowest BCUT2D eigenvalue weighted by Crippen LogP contribution is -2.54. The molecular formula is C15H29N3O2. The summed E-state index contributed by atoms with van der Waals surface area (Å²) in [6.45, 7) is 9.51. The average Bonchev–Trinajstić information content (AvgIpc) is 2.38. The highest BCUT2D eigenvalue weighted by molar-refractivity contribution is 5.68. The van der Waals surface area contributed by atoms with Gasteiger partial charge in [-0.3, -0.25) is 0 Å². The lowest BCUT2D eigenvalue weighted by atomic mass is 10.0. The zero-order valence-corrected chi connectivity index (χ0v) is 13.1. The standard InChI is InChI=1S/C15H29N3O2/c1-15(2,3)20-14(19)18-9-5-7-13(11-18)17-12-6-4-8-16-10-12/h12-13,16-17H,4-11H2,1-3H3. The van der Waals surface area contributed by atoms with Crippen molar-refractivity contribution in [3.05, 3.63) is 0 Å². The summed E-state index contributed by atoms with van der Waals surface area (Å²) in [5, 5.41) is 7.12. The van der Waals surface area contributed by atoms with Crippen molar-refractivity contribution in [1.29, 1.82) is 0 Å². The zero-order valence-electron chi connectivity index (χ0n) is 13.1. The molecule has 5 heteroatoms. The van der Waals surface area contributed by atoms with Gasteiger partial charge in [-0.15, -0.1) is 0 Å². The van der Waals surface area contributed by atoms with E-state index in [2.05, 4.69) is 10.6 Å². The molecule has 116 valence electrons. The van der Waals surface area contributed by atoms with E-state index in [-0.39, 0.29) is 6.09 Å². The molecule has 0 radical (unpaired) electrons. The van der Waals surface area contributed by atoms with Gasteiger partial charge in [0.25, 0.3) is 0 Å². The predicted molar refractivity (Wildman–Crippen MR) is 79.9 cm³/mol. The van der Waals surface area contributed by atoms with E-state index in [0.717, 1.165) is 39.0 Å². The summed E-state index contributed by atoms with van der Waals surface area (Å²) in [5.41, 5.74) is -0.412. The van der Waals surface area contributed by atoms with Crippen LogP contribution in [0.25, 0.3) is 0 Å². The molecule has 0 bridgehead atoms. The number of likely N-dealkylation sites (tertiary alicyclic amines) is 1. The number of hydrogen-bond donors (Lipinski definition) is 2. The average molecular weight is 283 g/mol. The molecule has 5 nitrogen and oxygen atoms in total. The summed E-state index contributed by atoms with van der Waals surface area (Å²) in [6.07, 6.45) is 4.49. The molecule has 1 amide bonds. The van der Waals surface area contributed by atoms with Gasteiger partial charge in [0.15, 0.2) is 0 Å². The third-order valence-corrected chi connectivity index (χ3v) is 3.84. The Labute approximate surface area is 122 Å². The zero-order chi connectivity index (χ0) is 14.6. The summed E-state index contributed by atoms with van der Waals surface area (Å²) < 4.78 is 5.46. The number of hydrogen-bond acceptors (Lipinski definition) is 4. The fourth-order valence-corrected chi connectivity index (χ4v) is 2.93. The van der Waals surface area contributed by atoms with Crippen LogP contribution in [0.1, 0.15) is 46.5 Å². The summed E-state index contributed by atoms with van der Waals surface area (Å²) in [7, 11) is 0. The van der Waals surface area contributed by atoms with Crippen molar-refractivity contribution in [2.45, 2.75) is 64.1 Å². The Morgan fingerprint density at radius 1 is 1.25 bits per heavy atom. The molecular weight excluding hydrogens is 254 g/mol. The fraction of sp³-hybridized carbons (Fsp3) is 0.933. The summed E-state index contributed by atoms with van der Waals surface area (Å²) in [5.74, 6) is 0. The van der Waals surface area contributed by atoms with Crippen molar-refractivity contribution in [3.63, 3.8) is 0 Å². The van der Waals surface area contributed by atoms with Gasteiger partial charge >= 0.3 is 6.09 Å². The van der Waals surface area contributed by atoms with E-state index in [1.54, 1.807) is 0 Å². The molecule has 2 atom stereocenters. The Balaban J connectivity index is 1.80. The van der Waals surface area contributed by atoms with Crippen LogP contribution in [0.15, 0.2) is 0 Å². The van der Waals surface area contributed by atoms with Gasteiger partial charge in [-0.05, 0) is 53.0 Å². The first-order chi connectivity index (χ1) is 9.44. The molecule has 0 saturated carbocycles. The van der Waals surface area contributed by atoms with E-state index >= 15 is 0 Å². The van der Waals surface area contributed by atoms with E-state index in [1.165, 1.54) is 12.8 Å². The molecule has 2 fully saturated rings. The van der Waals surface area contributed by atoms with Crippen LogP contribution in [-0.4, -0.2) is 54.9 Å². The Kier molecular flexibility index (Phi) is 5.27. The first-order valence-corrected chi connectivity index (χ1v) is 7.89. The number of carbonyl (C=O) groups excluding carboxylic acids is 1. The van der Waals surface area contributed by atoms with Crippen LogP contribution in [0.5, 0.6) is 0 Å². The number of amides is 1. The van der Waals surface area contributed by atoms with Gasteiger partial charge in [-0.25, -0.2) is 4.79 Å². The Morgan fingerprint density at radius 3 is 2.65 bits per heavy atom. The second-order valence-corrected chi connectivity index (χ2v) is 6.98. The van der Waals surface area contributed by atoms with Crippen molar-refractivity contribution in [3.8, 4) is 0 Å². The van der Waals surface area contributed by atoms with Gasteiger partial charge < -0.3 is 20.3 Å². The second kappa shape index (κ2) is 6.76. The van der Waals surface area contributed by atoms with Gasteiger partial charge in [0.05, 0.1) is 0 Å². The minimum absolute atomic E-state index is 0.175. The number of nitrogens with one attached hydrogen (secondary N) is 2. The molecule has 2 rings (SSSR count). The second-order valence-electron chi connectivity index (χ2n) is 6.98. The maximum atomic E-state index is 12.1. The molecule has 0 aromatic carbocycles. The number of piperidine rings is 2. The molecule has 0 aromatic rings. The maximum absolute atomic E-state index is 12.1. The van der Waals surface area contributed by atoms with Crippen LogP contribution in [0, 0.1) is 0 Å². The molecule has 2 aliphatic rings. The first kappa shape index (κ1) is 15.6. The van der Waals surface area contributed by atoms with Crippen LogP contribution in [0.4, 0.5) is 4.79 Å². The normalized spacial score (nSPS) is 28.2. The van der Waals surface area contributed by atoms with Gasteiger partial charge in [0.1, 0.15) is 5.60 Å². The Bertz CT molecular complexity index is 322. The number of nitrogens with zero attached hydrogens (tertiary/aromatic N) is 1. The van der Waals surface area contributed by atoms with Crippen molar-refractivity contribution >= 4 is 6.09 Å². The van der Waals surface area contributed by atoms with E-state index < -0.39 is 5.60 Å². The van der Waals surface area contributed by atoms with E-state index in [0.29, 0.717) is 12.1 Å². The van der Waals surface area contributed by atoms with Gasteiger partial charge in [-0.2, -0.15) is 0 Å². The maximum Gasteiger partial charge on any atom is 0.410 e. The number of ether oxygens (including phenoxy) is 1. The largest absolute Gasteiger partial charge is 0.444 e. The topological polar surface area (TPSA) is 53.6 Å². The predicted octanol–water partition coefficient (Wildman–Crippen LogP) is 1.73. The van der Waals surface area contributed by atoms with Crippen LogP contribution in [-0.2, 0) is 4.74 Å². The SMILES string of the molecule is CC(C)(C)OC(=O)N1CCCC(NC2CCCNC2)C1. The molecule has 0 spiro atoms. The van der Waals surface area contributed by atoms with Crippen molar-refractivity contribution in [2.75, 3.05) is 26.2 Å². The van der Waals surface area contributed by atoms with Gasteiger partial charge in [-0.1, -0.05) is 0 Å². The Morgan fingerprint density at radius 2 is 2.00 bits per heavy atom. The highest BCUT2D eigenvalue weighted by Crippen LogP contribution is 2.16.